The molecule has 148 valence electrons. The Hall–Kier alpha value is -2.09. The van der Waals surface area contributed by atoms with E-state index in [1.54, 1.807) is 4.90 Å². The summed E-state index contributed by atoms with van der Waals surface area (Å²) in [6.07, 6.45) is -3.68. The van der Waals surface area contributed by atoms with Crippen LogP contribution >= 0.6 is 0 Å². The zero-order chi connectivity index (χ0) is 19.6. The molecule has 2 saturated heterocycles. The van der Waals surface area contributed by atoms with Crippen LogP contribution in [0.5, 0.6) is 0 Å². The summed E-state index contributed by atoms with van der Waals surface area (Å²) < 4.78 is 37.8. The number of nitrogens with one attached hydrogen (secondary N) is 1. The molecule has 2 heterocycles. The third kappa shape index (κ3) is 4.61. The summed E-state index contributed by atoms with van der Waals surface area (Å²) in [6.45, 7) is 2.30. The van der Waals surface area contributed by atoms with Crippen LogP contribution in [-0.4, -0.2) is 60.5 Å². The van der Waals surface area contributed by atoms with Crippen molar-refractivity contribution < 1.29 is 22.8 Å². The van der Waals surface area contributed by atoms with E-state index in [4.69, 9.17) is 0 Å². The Morgan fingerprint density at radius 1 is 1.26 bits per heavy atom. The first-order chi connectivity index (χ1) is 12.8. The van der Waals surface area contributed by atoms with Gasteiger partial charge in [-0.25, -0.2) is 0 Å². The van der Waals surface area contributed by atoms with E-state index < -0.39 is 24.5 Å². The highest BCUT2D eigenvalue weighted by molar-refractivity contribution is 5.89. The second kappa shape index (κ2) is 7.88. The van der Waals surface area contributed by atoms with Crippen molar-refractivity contribution in [2.45, 2.75) is 32.0 Å². The normalized spacial score (nSPS) is 23.8. The lowest BCUT2D eigenvalue weighted by Crippen LogP contribution is -2.50. The van der Waals surface area contributed by atoms with Gasteiger partial charge in [0.1, 0.15) is 6.54 Å². The quantitative estimate of drug-likeness (QED) is 0.867. The highest BCUT2D eigenvalue weighted by Crippen LogP contribution is 2.29. The van der Waals surface area contributed by atoms with E-state index in [0.29, 0.717) is 19.6 Å². The van der Waals surface area contributed by atoms with Crippen LogP contribution in [0.15, 0.2) is 24.3 Å². The van der Waals surface area contributed by atoms with Gasteiger partial charge in [-0.05, 0) is 17.5 Å². The molecule has 0 aromatic heterocycles. The van der Waals surface area contributed by atoms with Crippen molar-refractivity contribution in [3.8, 4) is 0 Å². The second-order valence-electron chi connectivity index (χ2n) is 7.14. The third-order valence-electron chi connectivity index (χ3n) is 5.23. The summed E-state index contributed by atoms with van der Waals surface area (Å²) in [5.74, 6) is -1.56. The summed E-state index contributed by atoms with van der Waals surface area (Å²) in [5.41, 5.74) is 2.19. The Balaban J connectivity index is 1.72. The van der Waals surface area contributed by atoms with E-state index in [9.17, 15) is 22.8 Å². The average Bonchev–Trinajstić information content (AvgIpc) is 3.00. The largest absolute Gasteiger partial charge is 0.406 e. The summed E-state index contributed by atoms with van der Waals surface area (Å²) in [6, 6.07) is 7.86. The molecule has 1 aromatic carbocycles. The Bertz CT molecular complexity index is 690. The number of carbonyl (C=O) groups is 2. The van der Waals surface area contributed by atoms with Gasteiger partial charge in [-0.2, -0.15) is 13.2 Å². The molecule has 3 rings (SSSR count). The number of aryl methyl sites for hydroxylation is 1. The smallest absolute Gasteiger partial charge is 0.333 e. The standard InChI is InChI=1S/C19H24F3N3O2/c1-2-13-3-5-14(6-4-13)16-10-23-7-8-25(16)18(27)15-9-17(26)24(11-15)12-19(20,21)22/h3-6,15-16,23H,2,7-12H2,1H3. The average molecular weight is 383 g/mol. The molecule has 2 amide bonds. The number of hydrogen-bond donors (Lipinski definition) is 1. The van der Waals surface area contributed by atoms with Gasteiger partial charge in [0.05, 0.1) is 12.0 Å². The van der Waals surface area contributed by atoms with Gasteiger partial charge in [0, 0.05) is 32.6 Å². The molecule has 27 heavy (non-hydrogen) atoms. The number of halogens is 3. The summed E-state index contributed by atoms with van der Waals surface area (Å²) in [5, 5.41) is 3.27. The minimum Gasteiger partial charge on any atom is -0.333 e. The molecule has 8 heteroatoms. The van der Waals surface area contributed by atoms with Crippen LogP contribution in [0.1, 0.15) is 30.5 Å². The first kappa shape index (κ1) is 19.7. The predicted molar refractivity (Wildman–Crippen MR) is 93.9 cm³/mol. The molecule has 1 N–H and O–H groups in total. The van der Waals surface area contributed by atoms with Crippen LogP contribution in [0.25, 0.3) is 0 Å². The van der Waals surface area contributed by atoms with E-state index in [1.807, 2.05) is 24.3 Å². The first-order valence-corrected chi connectivity index (χ1v) is 9.23. The maximum Gasteiger partial charge on any atom is 0.406 e. The third-order valence-corrected chi connectivity index (χ3v) is 5.23. The van der Waals surface area contributed by atoms with E-state index in [0.717, 1.165) is 16.9 Å². The molecule has 1 aromatic rings. The molecule has 2 unspecified atom stereocenters. The van der Waals surface area contributed by atoms with Crippen molar-refractivity contribution in [1.82, 2.24) is 15.1 Å². The van der Waals surface area contributed by atoms with Crippen molar-refractivity contribution >= 4 is 11.8 Å². The monoisotopic (exact) mass is 383 g/mol. The Labute approximate surface area is 156 Å². The van der Waals surface area contributed by atoms with Crippen molar-refractivity contribution in [3.05, 3.63) is 35.4 Å². The fourth-order valence-electron chi connectivity index (χ4n) is 3.78. The first-order valence-electron chi connectivity index (χ1n) is 9.23. The SMILES string of the molecule is CCc1ccc(C2CNCCN2C(=O)C2CC(=O)N(CC(F)(F)F)C2)cc1. The van der Waals surface area contributed by atoms with E-state index in [1.165, 1.54) is 5.56 Å². The van der Waals surface area contributed by atoms with Gasteiger partial charge in [0.2, 0.25) is 11.8 Å². The van der Waals surface area contributed by atoms with Gasteiger partial charge < -0.3 is 15.1 Å². The van der Waals surface area contributed by atoms with Gasteiger partial charge in [0.25, 0.3) is 0 Å². The fraction of sp³-hybridized carbons (Fsp3) is 0.579. The number of hydrogen-bond acceptors (Lipinski definition) is 3. The van der Waals surface area contributed by atoms with E-state index in [-0.39, 0.29) is 24.9 Å². The van der Waals surface area contributed by atoms with Crippen molar-refractivity contribution in [3.63, 3.8) is 0 Å². The lowest BCUT2D eigenvalue weighted by molar-refractivity contribution is -0.157. The van der Waals surface area contributed by atoms with Crippen LogP contribution in [0.3, 0.4) is 0 Å². The Morgan fingerprint density at radius 3 is 2.59 bits per heavy atom. The van der Waals surface area contributed by atoms with E-state index in [2.05, 4.69) is 12.2 Å². The van der Waals surface area contributed by atoms with Gasteiger partial charge >= 0.3 is 6.18 Å². The van der Waals surface area contributed by atoms with Crippen LogP contribution in [0, 0.1) is 5.92 Å². The maximum atomic E-state index is 13.0. The zero-order valence-electron chi connectivity index (χ0n) is 15.3. The molecular formula is C19H24F3N3O2. The zero-order valence-corrected chi connectivity index (χ0v) is 15.3. The van der Waals surface area contributed by atoms with Gasteiger partial charge in [0.15, 0.2) is 0 Å². The lowest BCUT2D eigenvalue weighted by Gasteiger charge is -2.38. The number of benzene rings is 1. The summed E-state index contributed by atoms with van der Waals surface area (Å²) in [4.78, 5) is 27.4. The van der Waals surface area contributed by atoms with Crippen LogP contribution in [-0.2, 0) is 16.0 Å². The number of rotatable bonds is 4. The Morgan fingerprint density at radius 2 is 1.96 bits per heavy atom. The molecule has 2 aliphatic rings. The molecule has 5 nitrogen and oxygen atoms in total. The fourth-order valence-corrected chi connectivity index (χ4v) is 3.78. The maximum absolute atomic E-state index is 13.0. The molecule has 2 fully saturated rings. The molecule has 0 saturated carbocycles. The molecule has 2 aliphatic heterocycles. The minimum atomic E-state index is -4.45. The van der Waals surface area contributed by atoms with E-state index >= 15 is 0 Å². The highest BCUT2D eigenvalue weighted by atomic mass is 19.4. The van der Waals surface area contributed by atoms with Gasteiger partial charge in [-0.3, -0.25) is 9.59 Å². The molecule has 0 radical (unpaired) electrons. The van der Waals surface area contributed by atoms with Gasteiger partial charge in [-0.1, -0.05) is 31.2 Å². The molecular weight excluding hydrogens is 359 g/mol. The van der Waals surface area contributed by atoms with Crippen molar-refractivity contribution in [2.24, 2.45) is 5.92 Å². The number of alkyl halides is 3. The summed E-state index contributed by atoms with van der Waals surface area (Å²) >= 11 is 0. The van der Waals surface area contributed by atoms with Gasteiger partial charge in [-0.15, -0.1) is 0 Å². The van der Waals surface area contributed by atoms with Crippen LogP contribution < -0.4 is 5.32 Å². The predicted octanol–water partition coefficient (Wildman–Crippen LogP) is 2.13. The molecule has 0 aliphatic carbocycles. The molecule has 2 atom stereocenters. The number of nitrogens with zero attached hydrogens (tertiary/aromatic N) is 2. The van der Waals surface area contributed by atoms with Crippen LogP contribution in [0.4, 0.5) is 13.2 Å². The number of carbonyl (C=O) groups excluding carboxylic acids is 2. The minimum absolute atomic E-state index is 0.152. The summed E-state index contributed by atoms with van der Waals surface area (Å²) in [7, 11) is 0. The molecule has 0 bridgehead atoms. The number of piperazine rings is 1. The number of likely N-dealkylation sites (tertiary alicyclic amines) is 1. The molecule has 0 spiro atoms. The second-order valence-corrected chi connectivity index (χ2v) is 7.14. The topological polar surface area (TPSA) is 52.7 Å². The lowest BCUT2D eigenvalue weighted by atomic mass is 9.98. The Kier molecular flexibility index (Phi) is 5.74. The number of amides is 2. The highest BCUT2D eigenvalue weighted by Gasteiger charge is 2.43. The van der Waals surface area contributed by atoms with Crippen molar-refractivity contribution in [1.29, 1.82) is 0 Å². The van der Waals surface area contributed by atoms with Crippen molar-refractivity contribution in [2.75, 3.05) is 32.7 Å². The van der Waals surface area contributed by atoms with Crippen LogP contribution in [0.2, 0.25) is 0 Å².